The Bertz CT molecular complexity index is 652. The Balaban J connectivity index is 2.04. The number of rotatable bonds is 2. The van der Waals surface area contributed by atoms with Crippen LogP contribution >= 0.6 is 11.3 Å². The van der Waals surface area contributed by atoms with Crippen molar-refractivity contribution in [3.8, 4) is 0 Å². The number of carbonyl (C=O) groups is 2. The number of hydrogen-bond acceptors (Lipinski definition) is 4. The van der Waals surface area contributed by atoms with Crippen LogP contribution < -0.4 is 10.9 Å². The Hall–Kier alpha value is -2.35. The lowest BCUT2D eigenvalue weighted by Crippen LogP contribution is -2.42. The molecule has 2 N–H and O–H groups in total. The van der Waals surface area contributed by atoms with Crippen molar-refractivity contribution in [2.24, 2.45) is 0 Å². The third-order valence-corrected chi connectivity index (χ3v) is 3.10. The molecule has 0 spiro atoms. The van der Waals surface area contributed by atoms with E-state index in [-0.39, 0.29) is 5.69 Å². The Labute approximate surface area is 116 Å². The summed E-state index contributed by atoms with van der Waals surface area (Å²) in [6.45, 7) is 1.72. The maximum atomic E-state index is 13.3. The third kappa shape index (κ3) is 2.97. The van der Waals surface area contributed by atoms with E-state index < -0.39 is 29.0 Å². The number of hydrazine groups is 1. The predicted molar refractivity (Wildman–Crippen MR) is 68.1 cm³/mol. The zero-order valence-electron chi connectivity index (χ0n) is 10.2. The standard InChI is InChI=1S/C12H9F2N3O2S/c1-6-15-9(5-20-6)11(18)16-17-12(19)10-7(13)3-2-4-8(10)14/h2-5H,1H3,(H,16,18)(H,17,19). The van der Waals surface area contributed by atoms with Gasteiger partial charge in [-0.15, -0.1) is 11.3 Å². The second-order valence-electron chi connectivity index (χ2n) is 3.76. The van der Waals surface area contributed by atoms with Gasteiger partial charge >= 0.3 is 0 Å². The van der Waals surface area contributed by atoms with Gasteiger partial charge < -0.3 is 0 Å². The lowest BCUT2D eigenvalue weighted by Gasteiger charge is -2.07. The van der Waals surface area contributed by atoms with Crippen LogP contribution in [-0.4, -0.2) is 16.8 Å². The molecule has 2 rings (SSSR count). The number of nitrogens with one attached hydrogen (secondary N) is 2. The molecule has 104 valence electrons. The van der Waals surface area contributed by atoms with E-state index in [4.69, 9.17) is 0 Å². The molecule has 1 aromatic carbocycles. The largest absolute Gasteiger partial charge is 0.289 e. The molecule has 0 saturated heterocycles. The SMILES string of the molecule is Cc1nc(C(=O)NNC(=O)c2c(F)cccc2F)cs1. The summed E-state index contributed by atoms with van der Waals surface area (Å²) in [7, 11) is 0. The number of hydrogen-bond donors (Lipinski definition) is 2. The number of aryl methyl sites for hydroxylation is 1. The first-order chi connectivity index (χ1) is 9.49. The Kier molecular flexibility index (Phi) is 4.04. The number of amides is 2. The Morgan fingerprint density at radius 1 is 1.15 bits per heavy atom. The second kappa shape index (κ2) is 5.74. The van der Waals surface area contributed by atoms with Gasteiger partial charge in [0, 0.05) is 5.38 Å². The highest BCUT2D eigenvalue weighted by Crippen LogP contribution is 2.11. The van der Waals surface area contributed by atoms with Crippen molar-refractivity contribution in [2.45, 2.75) is 6.92 Å². The first-order valence-corrected chi connectivity index (χ1v) is 6.34. The van der Waals surface area contributed by atoms with Crippen molar-refractivity contribution in [3.05, 3.63) is 51.5 Å². The van der Waals surface area contributed by atoms with Gasteiger partial charge in [0.2, 0.25) is 0 Å². The molecule has 0 bridgehead atoms. The molecule has 0 aliphatic carbocycles. The van der Waals surface area contributed by atoms with Crippen molar-refractivity contribution in [1.82, 2.24) is 15.8 Å². The summed E-state index contributed by atoms with van der Waals surface area (Å²) in [6.07, 6.45) is 0. The van der Waals surface area contributed by atoms with Crippen LogP contribution in [0.2, 0.25) is 0 Å². The first kappa shape index (κ1) is 14.1. The molecule has 2 amide bonds. The zero-order chi connectivity index (χ0) is 14.7. The predicted octanol–water partition coefficient (Wildman–Crippen LogP) is 1.80. The van der Waals surface area contributed by atoms with Crippen LogP contribution in [0, 0.1) is 18.6 Å². The summed E-state index contributed by atoms with van der Waals surface area (Å²) in [5, 5.41) is 2.18. The molecular formula is C12H9F2N3O2S. The highest BCUT2D eigenvalue weighted by Gasteiger charge is 2.18. The van der Waals surface area contributed by atoms with E-state index in [1.165, 1.54) is 16.7 Å². The minimum absolute atomic E-state index is 0.113. The molecule has 20 heavy (non-hydrogen) atoms. The molecule has 0 saturated carbocycles. The van der Waals surface area contributed by atoms with E-state index in [2.05, 4.69) is 4.98 Å². The van der Waals surface area contributed by atoms with Gasteiger partial charge in [0.25, 0.3) is 11.8 Å². The maximum absolute atomic E-state index is 13.3. The summed E-state index contributed by atoms with van der Waals surface area (Å²) in [5.41, 5.74) is 3.32. The highest BCUT2D eigenvalue weighted by molar-refractivity contribution is 7.09. The molecule has 8 heteroatoms. The topological polar surface area (TPSA) is 71.1 Å². The van der Waals surface area contributed by atoms with Gasteiger partial charge in [0.1, 0.15) is 22.9 Å². The van der Waals surface area contributed by atoms with Gasteiger partial charge in [-0.25, -0.2) is 13.8 Å². The second-order valence-corrected chi connectivity index (χ2v) is 4.82. The van der Waals surface area contributed by atoms with E-state index in [1.54, 1.807) is 6.92 Å². The van der Waals surface area contributed by atoms with Crippen LogP contribution in [0.5, 0.6) is 0 Å². The van der Waals surface area contributed by atoms with Gasteiger partial charge in [-0.3, -0.25) is 20.4 Å². The van der Waals surface area contributed by atoms with Gasteiger partial charge in [0.15, 0.2) is 0 Å². The zero-order valence-corrected chi connectivity index (χ0v) is 11.1. The van der Waals surface area contributed by atoms with E-state index in [1.807, 2.05) is 10.9 Å². The van der Waals surface area contributed by atoms with Crippen molar-refractivity contribution in [1.29, 1.82) is 0 Å². The summed E-state index contributed by atoms with van der Waals surface area (Å²) in [6, 6.07) is 3.03. The van der Waals surface area contributed by atoms with E-state index in [0.29, 0.717) is 5.01 Å². The molecule has 1 aromatic heterocycles. The number of thiazole rings is 1. The van der Waals surface area contributed by atoms with Crippen molar-refractivity contribution >= 4 is 23.2 Å². The Morgan fingerprint density at radius 3 is 2.30 bits per heavy atom. The fourth-order valence-electron chi connectivity index (χ4n) is 1.42. The lowest BCUT2D eigenvalue weighted by molar-refractivity contribution is 0.0839. The van der Waals surface area contributed by atoms with Crippen LogP contribution in [-0.2, 0) is 0 Å². The first-order valence-electron chi connectivity index (χ1n) is 5.46. The summed E-state index contributed by atoms with van der Waals surface area (Å²) in [5.74, 6) is -3.78. The maximum Gasteiger partial charge on any atom is 0.289 e. The number of aromatic nitrogens is 1. The molecule has 0 fully saturated rings. The minimum atomic E-state index is -1.08. The van der Waals surface area contributed by atoms with Gasteiger partial charge in [-0.2, -0.15) is 0 Å². The van der Waals surface area contributed by atoms with Crippen LogP contribution in [0.3, 0.4) is 0 Å². The fourth-order valence-corrected chi connectivity index (χ4v) is 2.02. The quantitative estimate of drug-likeness (QED) is 0.830. The number of nitrogens with zero attached hydrogens (tertiary/aromatic N) is 1. The molecule has 2 aromatic rings. The van der Waals surface area contributed by atoms with Crippen molar-refractivity contribution in [3.63, 3.8) is 0 Å². The summed E-state index contributed by atoms with van der Waals surface area (Å²) in [4.78, 5) is 27.1. The third-order valence-electron chi connectivity index (χ3n) is 2.33. The van der Waals surface area contributed by atoms with Gasteiger partial charge in [-0.05, 0) is 19.1 Å². The van der Waals surface area contributed by atoms with Crippen molar-refractivity contribution in [2.75, 3.05) is 0 Å². The van der Waals surface area contributed by atoms with Crippen LogP contribution in [0.25, 0.3) is 0 Å². The van der Waals surface area contributed by atoms with E-state index >= 15 is 0 Å². The molecule has 0 radical (unpaired) electrons. The molecule has 5 nitrogen and oxygen atoms in total. The minimum Gasteiger partial charge on any atom is -0.267 e. The molecule has 0 aliphatic rings. The number of halogens is 2. The van der Waals surface area contributed by atoms with Crippen LogP contribution in [0.15, 0.2) is 23.6 Å². The molecule has 0 atom stereocenters. The lowest BCUT2D eigenvalue weighted by atomic mass is 10.2. The van der Waals surface area contributed by atoms with Crippen LogP contribution in [0.1, 0.15) is 25.9 Å². The number of benzene rings is 1. The summed E-state index contributed by atoms with van der Waals surface area (Å²) < 4.78 is 26.7. The smallest absolute Gasteiger partial charge is 0.267 e. The normalized spacial score (nSPS) is 10.2. The van der Waals surface area contributed by atoms with E-state index in [0.717, 1.165) is 18.2 Å². The molecular weight excluding hydrogens is 288 g/mol. The molecule has 0 unspecified atom stereocenters. The number of carbonyl (C=O) groups excluding carboxylic acids is 2. The Morgan fingerprint density at radius 2 is 1.75 bits per heavy atom. The fraction of sp³-hybridized carbons (Fsp3) is 0.0833. The average molecular weight is 297 g/mol. The highest BCUT2D eigenvalue weighted by atomic mass is 32.1. The van der Waals surface area contributed by atoms with Crippen molar-refractivity contribution < 1.29 is 18.4 Å². The van der Waals surface area contributed by atoms with Gasteiger partial charge in [-0.1, -0.05) is 6.07 Å². The monoisotopic (exact) mass is 297 g/mol. The molecule has 0 aliphatic heterocycles. The summed E-state index contributed by atoms with van der Waals surface area (Å²) >= 11 is 1.26. The molecule has 1 heterocycles. The van der Waals surface area contributed by atoms with Gasteiger partial charge in [0.05, 0.1) is 5.01 Å². The van der Waals surface area contributed by atoms with E-state index in [9.17, 15) is 18.4 Å². The van der Waals surface area contributed by atoms with Crippen LogP contribution in [0.4, 0.5) is 8.78 Å². The average Bonchev–Trinajstić information content (AvgIpc) is 2.82.